The van der Waals surface area contributed by atoms with E-state index >= 15 is 0 Å². The molecule has 4 rings (SSSR count). The molecular weight excluding hydrogens is 326 g/mol. The van der Waals surface area contributed by atoms with Crippen molar-refractivity contribution < 1.29 is 0 Å². The molecule has 2 fully saturated rings. The molecule has 7 nitrogen and oxygen atoms in total. The van der Waals surface area contributed by atoms with Crippen LogP contribution in [0.3, 0.4) is 0 Å². The summed E-state index contributed by atoms with van der Waals surface area (Å²) in [5, 5.41) is 3.36. The number of aromatic nitrogens is 4. The minimum atomic E-state index is 0.657. The molecule has 0 spiro atoms. The van der Waals surface area contributed by atoms with Crippen molar-refractivity contribution in [1.82, 2.24) is 19.9 Å². The van der Waals surface area contributed by atoms with Crippen molar-refractivity contribution >= 4 is 17.8 Å². The maximum absolute atomic E-state index is 4.81. The van der Waals surface area contributed by atoms with E-state index in [9.17, 15) is 0 Å². The Kier molecular flexibility index (Phi) is 5.42. The van der Waals surface area contributed by atoms with Gasteiger partial charge in [-0.1, -0.05) is 6.07 Å². The molecule has 138 valence electrons. The van der Waals surface area contributed by atoms with Gasteiger partial charge in [-0.05, 0) is 50.2 Å². The van der Waals surface area contributed by atoms with Gasteiger partial charge in [-0.3, -0.25) is 4.98 Å². The molecule has 7 heteroatoms. The molecule has 0 unspecified atom stereocenters. The molecule has 0 aromatic carbocycles. The van der Waals surface area contributed by atoms with Crippen molar-refractivity contribution in [3.8, 4) is 0 Å². The number of hydrogen-bond acceptors (Lipinski definition) is 7. The van der Waals surface area contributed by atoms with Gasteiger partial charge in [-0.2, -0.15) is 15.0 Å². The van der Waals surface area contributed by atoms with Gasteiger partial charge in [-0.25, -0.2) is 0 Å². The Morgan fingerprint density at radius 3 is 1.96 bits per heavy atom. The van der Waals surface area contributed by atoms with Crippen LogP contribution in [0.25, 0.3) is 0 Å². The normalized spacial score (nSPS) is 18.0. The zero-order valence-corrected chi connectivity index (χ0v) is 15.3. The Labute approximate surface area is 154 Å². The first kappa shape index (κ1) is 17.0. The van der Waals surface area contributed by atoms with E-state index < -0.39 is 0 Å². The van der Waals surface area contributed by atoms with Crippen LogP contribution in [0.5, 0.6) is 0 Å². The van der Waals surface area contributed by atoms with Crippen molar-refractivity contribution in [3.63, 3.8) is 0 Å². The first-order valence-corrected chi connectivity index (χ1v) is 9.77. The lowest BCUT2D eigenvalue weighted by atomic mass is 10.1. The summed E-state index contributed by atoms with van der Waals surface area (Å²) in [5.74, 6) is 2.29. The Morgan fingerprint density at radius 2 is 1.42 bits per heavy atom. The van der Waals surface area contributed by atoms with Gasteiger partial charge in [0, 0.05) is 45.1 Å². The molecule has 0 atom stereocenters. The van der Waals surface area contributed by atoms with Crippen LogP contribution in [0, 0.1) is 0 Å². The van der Waals surface area contributed by atoms with Crippen LogP contribution in [-0.4, -0.2) is 46.1 Å². The van der Waals surface area contributed by atoms with Gasteiger partial charge in [0.15, 0.2) is 0 Å². The fourth-order valence-electron chi connectivity index (χ4n) is 3.59. The number of rotatable bonds is 5. The second-order valence-corrected chi connectivity index (χ2v) is 7.07. The average molecular weight is 353 g/mol. The summed E-state index contributed by atoms with van der Waals surface area (Å²) < 4.78 is 0. The molecule has 0 radical (unpaired) electrons. The van der Waals surface area contributed by atoms with Gasteiger partial charge in [-0.15, -0.1) is 0 Å². The molecule has 0 bridgehead atoms. The van der Waals surface area contributed by atoms with E-state index in [-0.39, 0.29) is 0 Å². The highest BCUT2D eigenvalue weighted by Gasteiger charge is 2.20. The van der Waals surface area contributed by atoms with Crippen molar-refractivity contribution in [3.05, 3.63) is 30.1 Å². The summed E-state index contributed by atoms with van der Waals surface area (Å²) in [6.07, 6.45) is 11.1. The number of piperidine rings is 2. The molecule has 0 amide bonds. The molecule has 2 aliphatic heterocycles. The Morgan fingerprint density at radius 1 is 0.808 bits per heavy atom. The maximum Gasteiger partial charge on any atom is 0.231 e. The lowest BCUT2D eigenvalue weighted by molar-refractivity contribution is 0.556. The van der Waals surface area contributed by atoms with E-state index in [1.54, 1.807) is 6.20 Å². The molecule has 4 heterocycles. The summed E-state index contributed by atoms with van der Waals surface area (Å²) in [7, 11) is 0. The van der Waals surface area contributed by atoms with Crippen LogP contribution in [0.2, 0.25) is 0 Å². The van der Waals surface area contributed by atoms with Crippen molar-refractivity contribution in [1.29, 1.82) is 0 Å². The predicted molar refractivity (Wildman–Crippen MR) is 104 cm³/mol. The van der Waals surface area contributed by atoms with E-state index in [0.29, 0.717) is 12.5 Å². The SMILES string of the molecule is c1cncc(CNc2nc(N3CCCCC3)nc(N3CCCCC3)n2)c1. The minimum Gasteiger partial charge on any atom is -0.350 e. The van der Waals surface area contributed by atoms with E-state index in [1.165, 1.54) is 38.5 Å². The van der Waals surface area contributed by atoms with Crippen LogP contribution in [-0.2, 0) is 6.54 Å². The van der Waals surface area contributed by atoms with Gasteiger partial charge < -0.3 is 15.1 Å². The van der Waals surface area contributed by atoms with Gasteiger partial charge in [0.2, 0.25) is 17.8 Å². The van der Waals surface area contributed by atoms with Crippen LogP contribution >= 0.6 is 0 Å². The predicted octanol–water partition coefficient (Wildman–Crippen LogP) is 2.86. The average Bonchev–Trinajstić information content (AvgIpc) is 2.74. The number of pyridine rings is 1. The fourth-order valence-corrected chi connectivity index (χ4v) is 3.59. The van der Waals surface area contributed by atoms with E-state index in [1.807, 2.05) is 12.3 Å². The fraction of sp³-hybridized carbons (Fsp3) is 0.579. The topological polar surface area (TPSA) is 70.1 Å². The smallest absolute Gasteiger partial charge is 0.231 e. The van der Waals surface area contributed by atoms with Gasteiger partial charge in [0.25, 0.3) is 0 Å². The molecule has 0 saturated carbocycles. The lowest BCUT2D eigenvalue weighted by Crippen LogP contribution is -2.34. The van der Waals surface area contributed by atoms with Crippen LogP contribution in [0.4, 0.5) is 17.8 Å². The molecule has 2 aromatic heterocycles. The zero-order valence-electron chi connectivity index (χ0n) is 15.3. The highest BCUT2D eigenvalue weighted by molar-refractivity contribution is 5.46. The Hall–Kier alpha value is -2.44. The largest absolute Gasteiger partial charge is 0.350 e. The van der Waals surface area contributed by atoms with Gasteiger partial charge in [0.1, 0.15) is 0 Å². The lowest BCUT2D eigenvalue weighted by Gasteiger charge is -2.30. The molecule has 2 saturated heterocycles. The van der Waals surface area contributed by atoms with Crippen LogP contribution in [0.15, 0.2) is 24.5 Å². The number of hydrogen-bond donors (Lipinski definition) is 1. The highest BCUT2D eigenvalue weighted by atomic mass is 15.4. The van der Waals surface area contributed by atoms with Crippen LogP contribution < -0.4 is 15.1 Å². The minimum absolute atomic E-state index is 0.657. The first-order valence-electron chi connectivity index (χ1n) is 9.77. The van der Waals surface area contributed by atoms with Crippen molar-refractivity contribution in [2.45, 2.75) is 45.1 Å². The molecule has 2 aromatic rings. The third-order valence-electron chi connectivity index (χ3n) is 5.06. The van der Waals surface area contributed by atoms with Gasteiger partial charge >= 0.3 is 0 Å². The van der Waals surface area contributed by atoms with Crippen molar-refractivity contribution in [2.75, 3.05) is 41.3 Å². The summed E-state index contributed by atoms with van der Waals surface area (Å²) in [5.41, 5.74) is 1.12. The van der Waals surface area contributed by atoms with E-state index in [0.717, 1.165) is 43.6 Å². The maximum atomic E-state index is 4.81. The Bertz CT molecular complexity index is 658. The van der Waals surface area contributed by atoms with E-state index in [4.69, 9.17) is 15.0 Å². The summed E-state index contributed by atoms with van der Waals surface area (Å²) in [4.78, 5) is 23.0. The first-order chi connectivity index (χ1) is 12.9. The third kappa shape index (κ3) is 4.20. The quantitative estimate of drug-likeness (QED) is 0.886. The second-order valence-electron chi connectivity index (χ2n) is 7.07. The molecule has 1 N–H and O–H groups in total. The summed E-state index contributed by atoms with van der Waals surface area (Å²) >= 11 is 0. The number of nitrogens with zero attached hydrogens (tertiary/aromatic N) is 6. The number of anilines is 3. The summed E-state index contributed by atoms with van der Waals surface area (Å²) in [6, 6.07) is 4.00. The van der Waals surface area contributed by atoms with Gasteiger partial charge in [0.05, 0.1) is 0 Å². The molecule has 26 heavy (non-hydrogen) atoms. The summed E-state index contributed by atoms with van der Waals surface area (Å²) in [6.45, 7) is 4.80. The molecule has 0 aliphatic carbocycles. The second kappa shape index (κ2) is 8.29. The van der Waals surface area contributed by atoms with E-state index in [2.05, 4.69) is 26.2 Å². The zero-order chi connectivity index (χ0) is 17.6. The highest BCUT2D eigenvalue weighted by Crippen LogP contribution is 2.22. The number of nitrogens with one attached hydrogen (secondary N) is 1. The standard InChI is InChI=1S/C19H27N7/c1-3-10-25(11-4-1)18-22-17(21-15-16-8-7-9-20-14-16)23-19(24-18)26-12-5-2-6-13-26/h7-9,14H,1-6,10-13,15H2,(H,21,22,23,24). The van der Waals surface area contributed by atoms with Crippen LogP contribution in [0.1, 0.15) is 44.1 Å². The molecular formula is C19H27N7. The molecule has 2 aliphatic rings. The van der Waals surface area contributed by atoms with Crippen molar-refractivity contribution in [2.24, 2.45) is 0 Å². The Balaban J connectivity index is 1.56. The monoisotopic (exact) mass is 353 g/mol. The third-order valence-corrected chi connectivity index (χ3v) is 5.06.